The number of ether oxygens (including phenoxy) is 2. The topological polar surface area (TPSA) is 169 Å². The van der Waals surface area contributed by atoms with Crippen LogP contribution in [0.2, 0.25) is 0 Å². The highest BCUT2D eigenvalue weighted by molar-refractivity contribution is 5.72. The van der Waals surface area contributed by atoms with Crippen LogP contribution in [0, 0.1) is 0 Å². The minimum atomic E-state index is -1.40. The molecule has 6 N–H and O–H groups in total. The van der Waals surface area contributed by atoms with Gasteiger partial charge in [0.15, 0.2) is 17.4 Å². The van der Waals surface area contributed by atoms with Gasteiger partial charge in [0.25, 0.3) is 5.56 Å². The first-order valence-electron chi connectivity index (χ1n) is 7.11. The third-order valence-electron chi connectivity index (χ3n) is 3.64. The number of nitrogens with zero attached hydrogens (tertiary/aromatic N) is 3. The number of aliphatic hydroxyl groups is 3. The molecule has 1 fully saturated rings. The SMILES string of the molecule is C=CCOc1nc2c(=O)[nH]c(N)nc2n1[C@@H]1O[C@H](CO)[C@H](O)[C@@H]1O. The van der Waals surface area contributed by atoms with E-state index in [1.54, 1.807) is 0 Å². The third kappa shape index (κ3) is 2.53. The average Bonchev–Trinajstić information content (AvgIpc) is 3.04. The number of fused-ring (bicyclic) bond motifs is 1. The van der Waals surface area contributed by atoms with E-state index in [-0.39, 0.29) is 29.7 Å². The van der Waals surface area contributed by atoms with Crippen molar-refractivity contribution in [3.63, 3.8) is 0 Å². The number of rotatable bonds is 5. The third-order valence-corrected chi connectivity index (χ3v) is 3.64. The standard InChI is InChI=1S/C13H17N5O6/c1-2-3-23-13-15-6-9(16-12(14)17-10(6)22)18(13)11-8(21)7(20)5(4-19)24-11/h2,5,7-8,11,19-21H,1,3-4H2,(H3,14,16,17,22)/t5-,7+,8+,11-/m1/s1. The van der Waals surface area contributed by atoms with E-state index in [2.05, 4.69) is 21.5 Å². The zero-order valence-corrected chi connectivity index (χ0v) is 12.5. The lowest BCUT2D eigenvalue weighted by Gasteiger charge is -2.18. The molecule has 3 heterocycles. The molecule has 1 saturated heterocycles. The number of hydrogen-bond acceptors (Lipinski definition) is 9. The van der Waals surface area contributed by atoms with Gasteiger partial charge in [0.1, 0.15) is 24.9 Å². The number of nitrogens with one attached hydrogen (secondary N) is 1. The largest absolute Gasteiger partial charge is 0.460 e. The van der Waals surface area contributed by atoms with E-state index in [9.17, 15) is 20.1 Å². The number of anilines is 1. The molecule has 11 heteroatoms. The highest BCUT2D eigenvalue weighted by Gasteiger charge is 2.45. The van der Waals surface area contributed by atoms with Crippen molar-refractivity contribution in [2.24, 2.45) is 0 Å². The zero-order valence-electron chi connectivity index (χ0n) is 12.5. The second-order valence-electron chi connectivity index (χ2n) is 5.22. The van der Waals surface area contributed by atoms with Gasteiger partial charge >= 0.3 is 6.01 Å². The van der Waals surface area contributed by atoms with Crippen LogP contribution in [0.4, 0.5) is 5.95 Å². The summed E-state index contributed by atoms with van der Waals surface area (Å²) in [5.74, 6) is -0.157. The van der Waals surface area contributed by atoms with E-state index in [4.69, 9.17) is 15.2 Å². The molecule has 0 radical (unpaired) electrons. The first-order valence-corrected chi connectivity index (χ1v) is 7.11. The molecule has 4 atom stereocenters. The van der Waals surface area contributed by atoms with Crippen molar-refractivity contribution in [1.29, 1.82) is 0 Å². The molecule has 0 spiro atoms. The van der Waals surface area contributed by atoms with Crippen LogP contribution in [0.15, 0.2) is 17.4 Å². The summed E-state index contributed by atoms with van der Waals surface area (Å²) in [6.45, 7) is 3.10. The molecule has 24 heavy (non-hydrogen) atoms. The molecular formula is C13H17N5O6. The molecule has 0 aliphatic carbocycles. The normalized spacial score (nSPS) is 26.8. The summed E-state index contributed by atoms with van der Waals surface area (Å²) in [5.41, 5.74) is 4.92. The molecular weight excluding hydrogens is 322 g/mol. The minimum absolute atomic E-state index is 0.0187. The maximum atomic E-state index is 12.0. The van der Waals surface area contributed by atoms with E-state index in [1.165, 1.54) is 10.6 Å². The lowest BCUT2D eigenvalue weighted by Crippen LogP contribution is -2.33. The Bertz CT molecular complexity index is 817. The van der Waals surface area contributed by atoms with Crippen molar-refractivity contribution >= 4 is 17.1 Å². The van der Waals surface area contributed by atoms with Crippen molar-refractivity contribution in [2.45, 2.75) is 24.5 Å². The molecule has 0 amide bonds. The second-order valence-corrected chi connectivity index (χ2v) is 5.22. The van der Waals surface area contributed by atoms with Gasteiger partial charge in [0, 0.05) is 0 Å². The second kappa shape index (κ2) is 6.20. The van der Waals surface area contributed by atoms with Crippen LogP contribution in [0.3, 0.4) is 0 Å². The number of nitrogens with two attached hydrogens (primary N) is 1. The number of aliphatic hydroxyl groups excluding tert-OH is 3. The summed E-state index contributed by atoms with van der Waals surface area (Å²) in [6.07, 6.45) is -3.44. The van der Waals surface area contributed by atoms with E-state index in [1.807, 2.05) is 0 Å². The number of hydrogen-bond donors (Lipinski definition) is 5. The summed E-state index contributed by atoms with van der Waals surface area (Å²) >= 11 is 0. The van der Waals surface area contributed by atoms with Crippen molar-refractivity contribution in [3.05, 3.63) is 23.0 Å². The van der Waals surface area contributed by atoms with Crippen molar-refractivity contribution in [1.82, 2.24) is 19.5 Å². The van der Waals surface area contributed by atoms with Crippen LogP contribution in [-0.4, -0.2) is 66.4 Å². The summed E-state index contributed by atoms with van der Waals surface area (Å²) in [6, 6.07) is -0.0664. The molecule has 3 rings (SSSR count). The van der Waals surface area contributed by atoms with E-state index in [0.29, 0.717) is 0 Å². The Labute approximate surface area is 135 Å². The smallest absolute Gasteiger partial charge is 0.301 e. The van der Waals surface area contributed by atoms with Gasteiger partial charge in [-0.15, -0.1) is 0 Å². The van der Waals surface area contributed by atoms with Crippen LogP contribution < -0.4 is 16.0 Å². The zero-order chi connectivity index (χ0) is 17.4. The minimum Gasteiger partial charge on any atom is -0.460 e. The molecule has 2 aromatic heterocycles. The summed E-state index contributed by atoms with van der Waals surface area (Å²) in [5, 5.41) is 29.4. The maximum Gasteiger partial charge on any atom is 0.301 e. The number of aromatic amines is 1. The predicted octanol–water partition coefficient (Wildman–Crippen LogP) is -2.12. The van der Waals surface area contributed by atoms with E-state index >= 15 is 0 Å². The van der Waals surface area contributed by atoms with Gasteiger partial charge in [-0.25, -0.2) is 4.57 Å². The van der Waals surface area contributed by atoms with E-state index < -0.39 is 36.7 Å². The maximum absolute atomic E-state index is 12.0. The van der Waals surface area contributed by atoms with E-state index in [0.717, 1.165) is 0 Å². The quantitative estimate of drug-likeness (QED) is 0.382. The Balaban J connectivity index is 2.17. The molecule has 11 nitrogen and oxygen atoms in total. The summed E-state index contributed by atoms with van der Waals surface area (Å²) in [7, 11) is 0. The first kappa shape index (κ1) is 16.4. The van der Waals surface area contributed by atoms with Gasteiger partial charge in [-0.1, -0.05) is 12.7 Å². The fraction of sp³-hybridized carbons (Fsp3) is 0.462. The average molecular weight is 339 g/mol. The highest BCUT2D eigenvalue weighted by atomic mass is 16.6. The Morgan fingerprint density at radius 3 is 2.79 bits per heavy atom. The molecule has 130 valence electrons. The molecule has 0 bridgehead atoms. The van der Waals surface area contributed by atoms with Crippen molar-refractivity contribution < 1.29 is 24.8 Å². The van der Waals surface area contributed by atoms with Crippen molar-refractivity contribution in [3.8, 4) is 6.01 Å². The van der Waals surface area contributed by atoms with Gasteiger partial charge in [0.05, 0.1) is 6.61 Å². The molecule has 2 aromatic rings. The number of H-pyrrole nitrogens is 1. The Hall–Kier alpha value is -2.47. The molecule has 0 aromatic carbocycles. The Morgan fingerprint density at radius 2 is 2.17 bits per heavy atom. The monoisotopic (exact) mass is 339 g/mol. The van der Waals surface area contributed by atoms with Crippen LogP contribution in [0.25, 0.3) is 11.2 Å². The fourth-order valence-electron chi connectivity index (χ4n) is 2.54. The fourth-order valence-corrected chi connectivity index (χ4v) is 2.54. The van der Waals surface area contributed by atoms with Gasteiger partial charge in [-0.05, 0) is 0 Å². The van der Waals surface area contributed by atoms with Crippen LogP contribution >= 0.6 is 0 Å². The summed E-state index contributed by atoms with van der Waals surface area (Å²) in [4.78, 5) is 22.4. The summed E-state index contributed by atoms with van der Waals surface area (Å²) < 4.78 is 12.1. The van der Waals surface area contributed by atoms with Crippen LogP contribution in [0.1, 0.15) is 6.23 Å². The molecule has 0 saturated carbocycles. The predicted molar refractivity (Wildman–Crippen MR) is 81.3 cm³/mol. The molecule has 1 aliphatic heterocycles. The lowest BCUT2D eigenvalue weighted by molar-refractivity contribution is -0.0540. The van der Waals surface area contributed by atoms with Gasteiger partial charge in [-0.2, -0.15) is 9.97 Å². The highest BCUT2D eigenvalue weighted by Crippen LogP contribution is 2.34. The lowest BCUT2D eigenvalue weighted by atomic mass is 10.1. The van der Waals surface area contributed by atoms with Crippen LogP contribution in [-0.2, 0) is 4.74 Å². The molecule has 0 unspecified atom stereocenters. The Kier molecular flexibility index (Phi) is 4.24. The number of nitrogen functional groups attached to an aromatic ring is 1. The molecule has 1 aliphatic rings. The number of aromatic nitrogens is 4. The Morgan fingerprint density at radius 1 is 1.42 bits per heavy atom. The van der Waals surface area contributed by atoms with Gasteiger partial charge < -0.3 is 30.5 Å². The number of imidazole rings is 1. The van der Waals surface area contributed by atoms with Gasteiger partial charge in [-0.3, -0.25) is 9.78 Å². The first-order chi connectivity index (χ1) is 11.5. The van der Waals surface area contributed by atoms with Crippen molar-refractivity contribution in [2.75, 3.05) is 18.9 Å². The van der Waals surface area contributed by atoms with Gasteiger partial charge in [0.2, 0.25) is 5.95 Å². The van der Waals surface area contributed by atoms with Crippen LogP contribution in [0.5, 0.6) is 6.01 Å².